The number of benzene rings is 1. The molecule has 0 aromatic heterocycles. The van der Waals surface area contributed by atoms with Crippen LogP contribution in [0, 0.1) is 11.7 Å². The molecule has 0 bridgehead atoms. The van der Waals surface area contributed by atoms with Crippen LogP contribution in [0.25, 0.3) is 0 Å². The maximum atomic E-state index is 13.3. The van der Waals surface area contributed by atoms with Crippen LogP contribution >= 0.6 is 0 Å². The topological polar surface area (TPSA) is 61.8 Å². The van der Waals surface area contributed by atoms with E-state index < -0.39 is 5.82 Å². The fourth-order valence-corrected chi connectivity index (χ4v) is 2.22. The van der Waals surface area contributed by atoms with Gasteiger partial charge in [0.2, 0.25) is 0 Å². The molecule has 1 aromatic rings. The molecule has 1 aromatic carbocycles. The molecule has 1 atom stereocenters. The van der Waals surface area contributed by atoms with Gasteiger partial charge in [0.1, 0.15) is 11.6 Å². The van der Waals surface area contributed by atoms with E-state index in [4.69, 9.17) is 5.73 Å². The third kappa shape index (κ3) is 2.55. The number of guanidine groups is 1. The molecule has 1 aliphatic rings. The average molecular weight is 251 g/mol. The highest BCUT2D eigenvalue weighted by molar-refractivity contribution is 5.80. The van der Waals surface area contributed by atoms with Gasteiger partial charge in [0.25, 0.3) is 0 Å². The molecule has 3 N–H and O–H groups in total. The Kier molecular flexibility index (Phi) is 3.41. The molecule has 4 nitrogen and oxygen atoms in total. The van der Waals surface area contributed by atoms with E-state index in [-0.39, 0.29) is 11.8 Å². The van der Waals surface area contributed by atoms with E-state index in [9.17, 15) is 9.50 Å². The van der Waals surface area contributed by atoms with Gasteiger partial charge in [-0.3, -0.25) is 4.99 Å². The summed E-state index contributed by atoms with van der Waals surface area (Å²) in [5.41, 5.74) is 6.56. The van der Waals surface area contributed by atoms with Gasteiger partial charge in [-0.1, -0.05) is 13.8 Å². The van der Waals surface area contributed by atoms with E-state index in [1.807, 2.05) is 4.90 Å². The quantitative estimate of drug-likeness (QED) is 0.862. The molecule has 1 heterocycles. The SMILES string of the molecule is CC(C)CN1C(N)=NCC1c1cc(O)cc(F)c1. The summed E-state index contributed by atoms with van der Waals surface area (Å²) in [7, 11) is 0. The number of rotatable bonds is 3. The molecular formula is C13H18FN3O. The minimum Gasteiger partial charge on any atom is -0.508 e. The van der Waals surface area contributed by atoms with E-state index in [1.165, 1.54) is 6.07 Å². The Morgan fingerprint density at radius 3 is 2.83 bits per heavy atom. The van der Waals surface area contributed by atoms with Gasteiger partial charge in [-0.05, 0) is 23.6 Å². The number of nitrogens with two attached hydrogens (primary N) is 1. The van der Waals surface area contributed by atoms with Crippen molar-refractivity contribution in [1.82, 2.24) is 4.90 Å². The molecule has 0 spiro atoms. The second-order valence-electron chi connectivity index (χ2n) is 5.00. The minimum absolute atomic E-state index is 0.0695. The number of hydrogen-bond acceptors (Lipinski definition) is 4. The summed E-state index contributed by atoms with van der Waals surface area (Å²) < 4.78 is 13.3. The molecule has 0 radical (unpaired) electrons. The van der Waals surface area contributed by atoms with Gasteiger partial charge in [-0.2, -0.15) is 0 Å². The van der Waals surface area contributed by atoms with Gasteiger partial charge in [0.15, 0.2) is 5.96 Å². The summed E-state index contributed by atoms with van der Waals surface area (Å²) in [5, 5.41) is 9.46. The fourth-order valence-electron chi connectivity index (χ4n) is 2.22. The molecule has 0 saturated heterocycles. The van der Waals surface area contributed by atoms with E-state index in [2.05, 4.69) is 18.8 Å². The highest BCUT2D eigenvalue weighted by Gasteiger charge is 2.28. The Hall–Kier alpha value is -1.78. The standard InChI is InChI=1S/C13H18FN3O/c1-8(2)7-17-12(6-16-13(17)15)9-3-10(14)5-11(18)4-9/h3-5,8,12,18H,6-7H2,1-2H3,(H2,15,16). The Morgan fingerprint density at radius 2 is 2.22 bits per heavy atom. The Labute approximate surface area is 106 Å². The molecule has 1 aliphatic heterocycles. The van der Waals surface area contributed by atoms with Crippen molar-refractivity contribution in [2.24, 2.45) is 16.6 Å². The van der Waals surface area contributed by atoms with Crippen molar-refractivity contribution < 1.29 is 9.50 Å². The predicted octanol–water partition coefficient (Wildman–Crippen LogP) is 1.86. The molecule has 0 saturated carbocycles. The lowest BCUT2D eigenvalue weighted by Crippen LogP contribution is -2.38. The number of hydrogen-bond donors (Lipinski definition) is 2. The van der Waals surface area contributed by atoms with Crippen LogP contribution in [0.1, 0.15) is 25.5 Å². The Bertz CT molecular complexity index is 453. The van der Waals surface area contributed by atoms with Crippen LogP contribution in [0.2, 0.25) is 0 Å². The average Bonchev–Trinajstić information content (AvgIpc) is 2.58. The van der Waals surface area contributed by atoms with Crippen LogP contribution in [0.3, 0.4) is 0 Å². The van der Waals surface area contributed by atoms with Crippen molar-refractivity contribution in [3.8, 4) is 5.75 Å². The third-order valence-corrected chi connectivity index (χ3v) is 2.95. The van der Waals surface area contributed by atoms with Crippen LogP contribution < -0.4 is 5.73 Å². The first-order valence-electron chi connectivity index (χ1n) is 6.03. The van der Waals surface area contributed by atoms with Crippen molar-refractivity contribution in [1.29, 1.82) is 0 Å². The minimum atomic E-state index is -0.444. The zero-order valence-corrected chi connectivity index (χ0v) is 10.6. The molecular weight excluding hydrogens is 233 g/mol. The summed E-state index contributed by atoms with van der Waals surface area (Å²) in [6, 6.07) is 3.99. The van der Waals surface area contributed by atoms with E-state index in [1.54, 1.807) is 6.07 Å². The first-order valence-corrected chi connectivity index (χ1v) is 6.03. The lowest BCUT2D eigenvalue weighted by Gasteiger charge is -2.28. The number of halogens is 1. The first kappa shape index (κ1) is 12.7. The molecule has 5 heteroatoms. The summed E-state index contributed by atoms with van der Waals surface area (Å²) in [6.07, 6.45) is 0. The maximum absolute atomic E-state index is 13.3. The zero-order chi connectivity index (χ0) is 13.3. The lowest BCUT2D eigenvalue weighted by molar-refractivity contribution is 0.308. The first-order chi connectivity index (χ1) is 8.47. The second kappa shape index (κ2) is 4.84. The lowest BCUT2D eigenvalue weighted by atomic mass is 10.0. The monoisotopic (exact) mass is 251 g/mol. The summed E-state index contributed by atoms with van der Waals surface area (Å²) in [5.74, 6) is 0.402. The molecule has 0 fully saturated rings. The Balaban J connectivity index is 2.27. The van der Waals surface area contributed by atoms with Crippen LogP contribution in [0.15, 0.2) is 23.2 Å². The van der Waals surface area contributed by atoms with Crippen LogP contribution in [-0.2, 0) is 0 Å². The third-order valence-electron chi connectivity index (χ3n) is 2.95. The largest absolute Gasteiger partial charge is 0.508 e. The van der Waals surface area contributed by atoms with Crippen molar-refractivity contribution in [3.63, 3.8) is 0 Å². The molecule has 1 unspecified atom stereocenters. The molecule has 98 valence electrons. The normalized spacial score (nSPS) is 19.4. The predicted molar refractivity (Wildman–Crippen MR) is 68.8 cm³/mol. The van der Waals surface area contributed by atoms with Gasteiger partial charge in [-0.15, -0.1) is 0 Å². The summed E-state index contributed by atoms with van der Waals surface area (Å²) >= 11 is 0. The van der Waals surface area contributed by atoms with E-state index >= 15 is 0 Å². The van der Waals surface area contributed by atoms with Crippen LogP contribution in [0.5, 0.6) is 5.75 Å². The van der Waals surface area contributed by atoms with Crippen molar-refractivity contribution >= 4 is 5.96 Å². The zero-order valence-electron chi connectivity index (χ0n) is 10.6. The van der Waals surface area contributed by atoms with Gasteiger partial charge < -0.3 is 15.7 Å². The van der Waals surface area contributed by atoms with Gasteiger partial charge in [-0.25, -0.2) is 4.39 Å². The fraction of sp³-hybridized carbons (Fsp3) is 0.462. The highest BCUT2D eigenvalue weighted by Crippen LogP contribution is 2.29. The molecule has 18 heavy (non-hydrogen) atoms. The van der Waals surface area contributed by atoms with Gasteiger partial charge >= 0.3 is 0 Å². The molecule has 0 amide bonds. The highest BCUT2D eigenvalue weighted by atomic mass is 19.1. The van der Waals surface area contributed by atoms with Crippen molar-refractivity contribution in [3.05, 3.63) is 29.6 Å². The second-order valence-corrected chi connectivity index (χ2v) is 5.00. The molecule has 2 rings (SSSR count). The number of aromatic hydroxyl groups is 1. The Morgan fingerprint density at radius 1 is 1.50 bits per heavy atom. The van der Waals surface area contributed by atoms with E-state index in [0.29, 0.717) is 24.0 Å². The smallest absolute Gasteiger partial charge is 0.191 e. The summed E-state index contributed by atoms with van der Waals surface area (Å²) in [4.78, 5) is 6.16. The summed E-state index contributed by atoms with van der Waals surface area (Å²) in [6.45, 7) is 5.44. The van der Waals surface area contributed by atoms with E-state index in [0.717, 1.165) is 12.6 Å². The number of phenolic OH excluding ortho intramolecular Hbond substituents is 1. The number of phenols is 1. The van der Waals surface area contributed by atoms with Gasteiger partial charge in [0.05, 0.1) is 12.6 Å². The van der Waals surface area contributed by atoms with Crippen LogP contribution in [-0.4, -0.2) is 29.1 Å². The van der Waals surface area contributed by atoms with Crippen molar-refractivity contribution in [2.45, 2.75) is 19.9 Å². The maximum Gasteiger partial charge on any atom is 0.191 e. The van der Waals surface area contributed by atoms with Crippen molar-refractivity contribution in [2.75, 3.05) is 13.1 Å². The number of nitrogens with zero attached hydrogens (tertiary/aromatic N) is 2. The van der Waals surface area contributed by atoms with Gasteiger partial charge in [0, 0.05) is 12.6 Å². The molecule has 0 aliphatic carbocycles. The number of aliphatic imine (C=N–C) groups is 1. The van der Waals surface area contributed by atoms with Crippen LogP contribution in [0.4, 0.5) is 4.39 Å².